The second-order valence-corrected chi connectivity index (χ2v) is 13.2. The highest BCUT2D eigenvalue weighted by Crippen LogP contribution is 2.47. The summed E-state index contributed by atoms with van der Waals surface area (Å²) in [7, 11) is -23.2. The molecule has 0 amide bonds. The van der Waals surface area contributed by atoms with Gasteiger partial charge in [-0.25, -0.2) is 0 Å². The number of fused-ring (bicyclic) bond motifs is 2. The lowest BCUT2D eigenvalue weighted by Crippen LogP contribution is -2.30. The van der Waals surface area contributed by atoms with Gasteiger partial charge in [-0.1, -0.05) is 30.3 Å². The van der Waals surface area contributed by atoms with Gasteiger partial charge in [0, 0.05) is 5.56 Å². The zero-order valence-electron chi connectivity index (χ0n) is 21.4. The topological polar surface area (TPSA) is 401 Å². The predicted octanol–water partition coefficient (Wildman–Crippen LogP) is 1.89. The predicted molar refractivity (Wildman–Crippen MR) is 146 cm³/mol. The summed E-state index contributed by atoms with van der Waals surface area (Å²) in [5, 5.41) is 0. The standard InChI is InChI=1S/C20H12O15S4.4H3N/c21-15-10-7-4-8-11(36(23,24)25)12(10)16(22)14-13(15)18(37(26,27)28)17(35-9-5-2-1-3-6-9)20(39(32,33)34)19(14)38(29,30)31;;;;/h1-8H,(H,23,24,25)(H,26,27,28)(H,29,30,31)(H,32,33,34);4*1H3. The van der Waals surface area contributed by atoms with E-state index in [0.29, 0.717) is 6.07 Å². The highest BCUT2D eigenvalue weighted by Gasteiger charge is 2.48. The zero-order chi connectivity index (χ0) is 29.3. The number of hydrogen-bond acceptors (Lipinski definition) is 15. The van der Waals surface area contributed by atoms with Gasteiger partial charge < -0.3 is 29.3 Å². The summed E-state index contributed by atoms with van der Waals surface area (Å²) >= 11 is 0. The number of ketones is 2. The largest absolute Gasteiger partial charge is 0.454 e. The maximum atomic E-state index is 13.5. The number of carbonyl (C=O) groups is 2. The molecule has 23 heteroatoms. The lowest BCUT2D eigenvalue weighted by Gasteiger charge is -2.25. The minimum atomic E-state index is -6.02. The number of benzene rings is 3. The lowest BCUT2D eigenvalue weighted by molar-refractivity contribution is 0.0970. The van der Waals surface area contributed by atoms with Crippen LogP contribution < -0.4 is 29.3 Å². The Balaban J connectivity index is 0.00000441. The van der Waals surface area contributed by atoms with E-state index in [9.17, 15) is 61.5 Å². The molecule has 0 saturated heterocycles. The van der Waals surface area contributed by atoms with Gasteiger partial charge in [-0.05, 0) is 18.2 Å². The maximum absolute atomic E-state index is 13.5. The molecule has 0 unspecified atom stereocenters. The molecular weight excluding hydrogens is 665 g/mol. The average molecular weight is 689 g/mol. The highest BCUT2D eigenvalue weighted by molar-refractivity contribution is 7.89. The smallest absolute Gasteiger partial charge is 0.299 e. The first-order valence-corrected chi connectivity index (χ1v) is 15.6. The van der Waals surface area contributed by atoms with Crippen molar-refractivity contribution in [1.29, 1.82) is 0 Å². The van der Waals surface area contributed by atoms with Crippen LogP contribution in [0.2, 0.25) is 0 Å². The van der Waals surface area contributed by atoms with Crippen LogP contribution in [0, 0.1) is 0 Å². The fourth-order valence-electron chi connectivity index (χ4n) is 3.95. The van der Waals surface area contributed by atoms with Gasteiger partial charge in [0.1, 0.15) is 20.4 Å². The van der Waals surface area contributed by atoms with Crippen molar-refractivity contribution in [1.82, 2.24) is 24.6 Å². The first-order chi connectivity index (χ1) is 17.8. The van der Waals surface area contributed by atoms with Gasteiger partial charge in [0.25, 0.3) is 40.5 Å². The molecule has 0 radical (unpaired) electrons. The van der Waals surface area contributed by atoms with E-state index in [1.807, 2.05) is 0 Å². The third-order valence-corrected chi connectivity index (χ3v) is 9.05. The van der Waals surface area contributed by atoms with E-state index >= 15 is 0 Å². The molecule has 3 aromatic rings. The van der Waals surface area contributed by atoms with Crippen LogP contribution in [0.1, 0.15) is 31.8 Å². The third kappa shape index (κ3) is 6.77. The van der Waals surface area contributed by atoms with E-state index in [-0.39, 0.29) is 24.6 Å². The van der Waals surface area contributed by atoms with Crippen LogP contribution in [-0.4, -0.2) is 63.4 Å². The summed E-state index contributed by atoms with van der Waals surface area (Å²) in [6.07, 6.45) is 0. The Hall–Kier alpha value is -3.72. The second kappa shape index (κ2) is 12.5. The molecule has 0 heterocycles. The molecule has 16 N–H and O–H groups in total. The first kappa shape index (κ1) is 39.3. The molecule has 0 aromatic heterocycles. The van der Waals surface area contributed by atoms with E-state index < -0.39 is 105 Å². The van der Waals surface area contributed by atoms with Gasteiger partial charge in [0.15, 0.2) is 22.2 Å². The van der Waals surface area contributed by atoms with Gasteiger partial charge in [-0.3, -0.25) is 27.8 Å². The number of ether oxygens (including phenoxy) is 1. The Morgan fingerprint density at radius 2 is 0.953 bits per heavy atom. The summed E-state index contributed by atoms with van der Waals surface area (Å²) < 4.78 is 143. The molecule has 0 bridgehead atoms. The number of para-hydroxylation sites is 1. The van der Waals surface area contributed by atoms with Crippen molar-refractivity contribution in [2.24, 2.45) is 0 Å². The Bertz CT molecular complexity index is 2060. The Morgan fingerprint density at radius 1 is 0.488 bits per heavy atom. The molecule has 4 rings (SSSR count). The number of rotatable bonds is 6. The third-order valence-electron chi connectivity index (χ3n) is 5.29. The molecule has 238 valence electrons. The number of carbonyl (C=O) groups excluding carboxylic acids is 2. The van der Waals surface area contributed by atoms with Crippen molar-refractivity contribution < 1.29 is 66.2 Å². The van der Waals surface area contributed by atoms with Crippen molar-refractivity contribution in [3.05, 3.63) is 70.8 Å². The van der Waals surface area contributed by atoms with E-state index in [4.69, 9.17) is 4.74 Å². The SMILES string of the molecule is N.N.N.N.O=C1c2cccc(S(=O)(=O)O)c2C(=O)c2c1c(S(=O)(=O)O)c(Oc1ccccc1)c(S(=O)(=O)O)c2S(=O)(=O)O. The van der Waals surface area contributed by atoms with Gasteiger partial charge in [0.05, 0.1) is 16.7 Å². The molecule has 43 heavy (non-hydrogen) atoms. The molecule has 0 fully saturated rings. The number of hydrogen-bond donors (Lipinski definition) is 8. The van der Waals surface area contributed by atoms with Crippen molar-refractivity contribution >= 4 is 52.0 Å². The van der Waals surface area contributed by atoms with Crippen LogP contribution >= 0.6 is 0 Å². The summed E-state index contributed by atoms with van der Waals surface area (Å²) in [5.74, 6) is -5.67. The quantitative estimate of drug-likeness (QED) is 0.134. The molecule has 0 saturated carbocycles. The van der Waals surface area contributed by atoms with E-state index in [1.165, 1.54) is 18.2 Å². The normalized spacial score (nSPS) is 12.7. The van der Waals surface area contributed by atoms with Crippen LogP contribution in [0.3, 0.4) is 0 Å². The van der Waals surface area contributed by atoms with Crippen LogP contribution in [0.4, 0.5) is 0 Å². The molecule has 0 atom stereocenters. The molecule has 3 aromatic carbocycles. The summed E-state index contributed by atoms with van der Waals surface area (Å²) in [6, 6.07) is 8.37. The minimum absolute atomic E-state index is 0. The average Bonchev–Trinajstić information content (AvgIpc) is 2.79. The Kier molecular flexibility index (Phi) is 11.4. The fourth-order valence-corrected chi connectivity index (χ4v) is 7.68. The van der Waals surface area contributed by atoms with Crippen LogP contribution in [0.15, 0.2) is 68.1 Å². The highest BCUT2D eigenvalue weighted by atomic mass is 32.2. The Labute approximate surface area is 244 Å². The van der Waals surface area contributed by atoms with E-state index in [1.54, 1.807) is 0 Å². The monoisotopic (exact) mass is 688 g/mol. The Morgan fingerprint density at radius 3 is 1.40 bits per heavy atom. The summed E-state index contributed by atoms with van der Waals surface area (Å²) in [5.41, 5.74) is -5.42. The zero-order valence-corrected chi connectivity index (χ0v) is 24.6. The summed E-state index contributed by atoms with van der Waals surface area (Å²) in [6.45, 7) is 0. The van der Waals surface area contributed by atoms with E-state index in [0.717, 1.165) is 24.3 Å². The summed E-state index contributed by atoms with van der Waals surface area (Å²) in [4.78, 5) is 19.8. The van der Waals surface area contributed by atoms with Crippen LogP contribution in [-0.2, 0) is 40.5 Å². The van der Waals surface area contributed by atoms with Gasteiger partial charge in [-0.2, -0.15) is 33.7 Å². The van der Waals surface area contributed by atoms with Crippen LogP contribution in [0.5, 0.6) is 11.5 Å². The van der Waals surface area contributed by atoms with Gasteiger partial charge in [0.2, 0.25) is 0 Å². The molecule has 19 nitrogen and oxygen atoms in total. The minimum Gasteiger partial charge on any atom is -0.454 e. The van der Waals surface area contributed by atoms with Crippen molar-refractivity contribution in [3.8, 4) is 11.5 Å². The van der Waals surface area contributed by atoms with Crippen molar-refractivity contribution in [2.75, 3.05) is 0 Å². The molecule has 1 aliphatic rings. The van der Waals surface area contributed by atoms with E-state index in [2.05, 4.69) is 0 Å². The van der Waals surface area contributed by atoms with Crippen molar-refractivity contribution in [2.45, 2.75) is 19.6 Å². The molecule has 0 aliphatic heterocycles. The first-order valence-electron chi connectivity index (χ1n) is 9.85. The van der Waals surface area contributed by atoms with Crippen LogP contribution in [0.25, 0.3) is 0 Å². The molecule has 1 aliphatic carbocycles. The molecular formula is C20H24N4O15S4. The lowest BCUT2D eigenvalue weighted by atomic mass is 9.83. The molecule has 0 spiro atoms. The van der Waals surface area contributed by atoms with Gasteiger partial charge >= 0.3 is 0 Å². The van der Waals surface area contributed by atoms with Gasteiger partial charge in [-0.15, -0.1) is 0 Å². The fraction of sp³-hybridized carbons (Fsp3) is 0. The second-order valence-electron chi connectivity index (χ2n) is 7.72. The maximum Gasteiger partial charge on any atom is 0.299 e. The van der Waals surface area contributed by atoms with Crippen molar-refractivity contribution in [3.63, 3.8) is 0 Å².